The molecule has 0 bridgehead atoms. The van der Waals surface area contributed by atoms with Crippen molar-refractivity contribution in [3.8, 4) is 0 Å². The molecule has 1 rings (SSSR count). The topological polar surface area (TPSA) is 83.3 Å². The molecular formula is C14H22N2O3S. The average Bonchev–Trinajstić information content (AvgIpc) is 2.37. The highest BCUT2D eigenvalue weighted by Crippen LogP contribution is 2.25. The van der Waals surface area contributed by atoms with E-state index in [4.69, 9.17) is 5.11 Å². The number of hydrogen-bond acceptors (Lipinski definition) is 5. The molecule has 0 atom stereocenters. The van der Waals surface area contributed by atoms with Crippen LogP contribution in [-0.2, 0) is 0 Å². The van der Waals surface area contributed by atoms with Gasteiger partial charge in [0.1, 0.15) is 16.4 Å². The van der Waals surface area contributed by atoms with Gasteiger partial charge in [-0.05, 0) is 25.5 Å². The van der Waals surface area contributed by atoms with Crippen LogP contribution in [0.25, 0.3) is 0 Å². The lowest BCUT2D eigenvalue weighted by atomic mass is 10.2. The van der Waals surface area contributed by atoms with Gasteiger partial charge >= 0.3 is 5.97 Å². The summed E-state index contributed by atoms with van der Waals surface area (Å²) in [4.78, 5) is 20.0. The van der Waals surface area contributed by atoms with Crippen LogP contribution in [0.1, 0.15) is 60.9 Å². The Balaban J connectivity index is 2.87. The minimum absolute atomic E-state index is 0.172. The highest BCUT2D eigenvalue weighted by atomic mass is 32.2. The van der Waals surface area contributed by atoms with Crippen molar-refractivity contribution in [3.63, 3.8) is 0 Å². The summed E-state index contributed by atoms with van der Waals surface area (Å²) in [5.41, 5.74) is 0.732. The van der Waals surface area contributed by atoms with Gasteiger partial charge in [0.05, 0.1) is 5.69 Å². The molecule has 0 amide bonds. The van der Waals surface area contributed by atoms with Crippen molar-refractivity contribution in [2.45, 2.75) is 51.0 Å². The number of aromatic nitrogens is 2. The summed E-state index contributed by atoms with van der Waals surface area (Å²) in [6.45, 7) is 5.90. The fourth-order valence-corrected chi connectivity index (χ4v) is 2.82. The molecule has 1 heterocycles. The summed E-state index contributed by atoms with van der Waals surface area (Å²) in [5, 5.41) is 18.6. The second-order valence-electron chi connectivity index (χ2n) is 4.94. The number of carboxylic acid groups (broad SMARTS) is 1. The Hall–Kier alpha value is -1.14. The van der Waals surface area contributed by atoms with Crippen molar-refractivity contribution in [2.75, 3.05) is 12.4 Å². The average molecular weight is 298 g/mol. The Morgan fingerprint density at radius 2 is 1.95 bits per heavy atom. The van der Waals surface area contributed by atoms with Crippen LogP contribution in [0.4, 0.5) is 0 Å². The molecule has 0 fully saturated rings. The normalized spacial score (nSPS) is 11.1. The van der Waals surface area contributed by atoms with Crippen LogP contribution in [-0.4, -0.2) is 38.5 Å². The third-order valence-electron chi connectivity index (χ3n) is 2.85. The van der Waals surface area contributed by atoms with Gasteiger partial charge < -0.3 is 10.2 Å². The lowest BCUT2D eigenvalue weighted by molar-refractivity contribution is 0.0690. The monoisotopic (exact) mass is 298 g/mol. The number of aryl methyl sites for hydroxylation is 1. The van der Waals surface area contributed by atoms with Crippen LogP contribution in [0, 0.1) is 6.92 Å². The Bertz CT molecular complexity index is 464. The number of aliphatic hydroxyl groups excluding tert-OH is 1. The molecule has 0 aromatic carbocycles. The van der Waals surface area contributed by atoms with Crippen molar-refractivity contribution in [3.05, 3.63) is 17.1 Å². The van der Waals surface area contributed by atoms with E-state index in [2.05, 4.69) is 9.97 Å². The summed E-state index contributed by atoms with van der Waals surface area (Å²) in [5.74, 6) is 0.681. The van der Waals surface area contributed by atoms with Crippen molar-refractivity contribution in [1.29, 1.82) is 0 Å². The van der Waals surface area contributed by atoms with Crippen LogP contribution in [0.5, 0.6) is 0 Å². The zero-order chi connectivity index (χ0) is 15.1. The SMILES string of the molecule is Cc1nc(C(C)C)nc(SCCCCCO)c1C(=O)O. The maximum Gasteiger partial charge on any atom is 0.340 e. The lowest BCUT2D eigenvalue weighted by Crippen LogP contribution is -2.10. The molecule has 0 saturated heterocycles. The number of aliphatic hydroxyl groups is 1. The first-order valence-corrected chi connectivity index (χ1v) is 7.81. The second kappa shape index (κ2) is 8.21. The molecule has 1 aromatic rings. The number of carboxylic acids is 1. The van der Waals surface area contributed by atoms with E-state index in [0.29, 0.717) is 16.5 Å². The quantitative estimate of drug-likeness (QED) is 0.436. The molecule has 0 aliphatic heterocycles. The van der Waals surface area contributed by atoms with Gasteiger partial charge in [0, 0.05) is 12.5 Å². The first-order chi connectivity index (χ1) is 9.47. The van der Waals surface area contributed by atoms with Crippen molar-refractivity contribution in [1.82, 2.24) is 9.97 Å². The van der Waals surface area contributed by atoms with Crippen molar-refractivity contribution < 1.29 is 15.0 Å². The fourth-order valence-electron chi connectivity index (χ4n) is 1.74. The largest absolute Gasteiger partial charge is 0.478 e. The van der Waals surface area contributed by atoms with E-state index in [1.807, 2.05) is 13.8 Å². The molecule has 0 spiro atoms. The molecule has 2 N–H and O–H groups in total. The van der Waals surface area contributed by atoms with Crippen LogP contribution >= 0.6 is 11.8 Å². The molecule has 0 unspecified atom stereocenters. The van der Waals surface area contributed by atoms with Gasteiger partial charge in [0.2, 0.25) is 0 Å². The van der Waals surface area contributed by atoms with Crippen LogP contribution < -0.4 is 0 Å². The zero-order valence-electron chi connectivity index (χ0n) is 12.2. The number of hydrogen-bond donors (Lipinski definition) is 2. The Morgan fingerprint density at radius 3 is 2.50 bits per heavy atom. The van der Waals surface area contributed by atoms with Gasteiger partial charge in [-0.25, -0.2) is 14.8 Å². The zero-order valence-corrected chi connectivity index (χ0v) is 13.0. The Labute approximate surface area is 123 Å². The predicted octanol–water partition coefficient (Wildman–Crippen LogP) is 2.86. The fraction of sp³-hybridized carbons (Fsp3) is 0.643. The van der Waals surface area contributed by atoms with Crippen LogP contribution in [0.2, 0.25) is 0 Å². The summed E-state index contributed by atoms with van der Waals surface area (Å²) in [7, 11) is 0. The van der Waals surface area contributed by atoms with Gasteiger partial charge in [0.15, 0.2) is 0 Å². The molecule has 0 saturated carbocycles. The molecular weight excluding hydrogens is 276 g/mol. The van der Waals surface area contributed by atoms with E-state index in [0.717, 1.165) is 25.0 Å². The van der Waals surface area contributed by atoms with Gasteiger partial charge in [-0.15, -0.1) is 11.8 Å². The van der Waals surface area contributed by atoms with E-state index in [1.165, 1.54) is 11.8 Å². The molecule has 112 valence electrons. The van der Waals surface area contributed by atoms with Gasteiger partial charge in [-0.1, -0.05) is 20.3 Å². The van der Waals surface area contributed by atoms with Gasteiger partial charge in [-0.2, -0.15) is 0 Å². The van der Waals surface area contributed by atoms with Gasteiger partial charge in [-0.3, -0.25) is 0 Å². The number of carbonyl (C=O) groups is 1. The van der Waals surface area contributed by atoms with Gasteiger partial charge in [0.25, 0.3) is 0 Å². The minimum Gasteiger partial charge on any atom is -0.478 e. The van der Waals surface area contributed by atoms with E-state index in [-0.39, 0.29) is 18.1 Å². The van der Waals surface area contributed by atoms with E-state index < -0.39 is 5.97 Å². The number of rotatable bonds is 8. The van der Waals surface area contributed by atoms with Crippen LogP contribution in [0.3, 0.4) is 0 Å². The summed E-state index contributed by atoms with van der Waals surface area (Å²) >= 11 is 1.46. The molecule has 5 nitrogen and oxygen atoms in total. The standard InChI is InChI=1S/C14H22N2O3S/c1-9(2)12-15-10(3)11(14(18)19)13(16-12)20-8-6-4-5-7-17/h9,17H,4-8H2,1-3H3,(H,18,19). The smallest absolute Gasteiger partial charge is 0.340 e. The number of unbranched alkanes of at least 4 members (excludes halogenated alkanes) is 2. The van der Waals surface area contributed by atoms with Crippen molar-refractivity contribution >= 4 is 17.7 Å². The first kappa shape index (κ1) is 16.9. The predicted molar refractivity (Wildman–Crippen MR) is 79.5 cm³/mol. The Morgan fingerprint density at radius 1 is 1.25 bits per heavy atom. The second-order valence-corrected chi connectivity index (χ2v) is 6.02. The highest BCUT2D eigenvalue weighted by Gasteiger charge is 2.19. The summed E-state index contributed by atoms with van der Waals surface area (Å²) < 4.78 is 0. The molecule has 0 aliphatic rings. The van der Waals surface area contributed by atoms with Crippen LogP contribution in [0.15, 0.2) is 5.03 Å². The molecule has 0 aliphatic carbocycles. The van der Waals surface area contributed by atoms with E-state index in [1.54, 1.807) is 6.92 Å². The molecule has 0 radical (unpaired) electrons. The molecule has 1 aromatic heterocycles. The third-order valence-corrected chi connectivity index (χ3v) is 3.91. The first-order valence-electron chi connectivity index (χ1n) is 6.82. The third kappa shape index (κ3) is 4.76. The number of aromatic carboxylic acids is 1. The lowest BCUT2D eigenvalue weighted by Gasteiger charge is -2.11. The molecule has 6 heteroatoms. The van der Waals surface area contributed by atoms with E-state index in [9.17, 15) is 9.90 Å². The summed E-state index contributed by atoms with van der Waals surface area (Å²) in [6.07, 6.45) is 2.66. The number of thioether (sulfide) groups is 1. The summed E-state index contributed by atoms with van der Waals surface area (Å²) in [6, 6.07) is 0. The Kier molecular flexibility index (Phi) is 6.95. The van der Waals surface area contributed by atoms with E-state index >= 15 is 0 Å². The number of nitrogens with zero attached hydrogens (tertiary/aromatic N) is 2. The van der Waals surface area contributed by atoms with Crippen molar-refractivity contribution in [2.24, 2.45) is 0 Å². The maximum atomic E-state index is 11.3. The minimum atomic E-state index is -0.976. The maximum absolute atomic E-state index is 11.3. The highest BCUT2D eigenvalue weighted by molar-refractivity contribution is 7.99. The molecule has 20 heavy (non-hydrogen) atoms.